The Hall–Kier alpha value is -1.42. The summed E-state index contributed by atoms with van der Waals surface area (Å²) in [4.78, 5) is 13.6. The molecule has 0 bridgehead atoms. The van der Waals surface area contributed by atoms with Crippen LogP contribution in [0.2, 0.25) is 0 Å². The van der Waals surface area contributed by atoms with Crippen LogP contribution in [0.3, 0.4) is 0 Å². The van der Waals surface area contributed by atoms with Crippen LogP contribution in [0.25, 0.3) is 0 Å². The quantitative estimate of drug-likeness (QED) is 0.805. The fourth-order valence-corrected chi connectivity index (χ4v) is 2.02. The summed E-state index contributed by atoms with van der Waals surface area (Å²) in [5, 5.41) is 0. The van der Waals surface area contributed by atoms with Crippen LogP contribution in [-0.2, 0) is 4.74 Å². The summed E-state index contributed by atoms with van der Waals surface area (Å²) in [5.74, 6) is -0.554. The maximum atomic E-state index is 13.0. The van der Waals surface area contributed by atoms with Crippen molar-refractivity contribution in [2.75, 3.05) is 20.2 Å². The highest BCUT2D eigenvalue weighted by molar-refractivity contribution is 5.94. The summed E-state index contributed by atoms with van der Waals surface area (Å²) in [6.45, 7) is 1.34. The van der Waals surface area contributed by atoms with E-state index in [1.165, 1.54) is 12.1 Å². The first-order valence-electron chi connectivity index (χ1n) is 5.79. The molecule has 1 aromatic rings. The zero-order valence-corrected chi connectivity index (χ0v) is 9.86. The van der Waals surface area contributed by atoms with Gasteiger partial charge >= 0.3 is 0 Å². The lowest BCUT2D eigenvalue weighted by molar-refractivity contribution is 0.0587. The molecule has 0 N–H and O–H groups in total. The second kappa shape index (κ2) is 5.27. The van der Waals surface area contributed by atoms with Crippen molar-refractivity contribution in [3.05, 3.63) is 35.6 Å². The molecule has 4 heteroatoms. The normalized spacial score (nSPS) is 19.3. The van der Waals surface area contributed by atoms with Crippen molar-refractivity contribution in [2.45, 2.75) is 18.9 Å². The molecule has 0 aromatic heterocycles. The summed E-state index contributed by atoms with van der Waals surface area (Å²) in [5.41, 5.74) is 0.380. The molecule has 1 aliphatic heterocycles. The largest absolute Gasteiger partial charge is 0.376 e. The van der Waals surface area contributed by atoms with Crippen molar-refractivity contribution in [3.63, 3.8) is 0 Å². The molecule has 0 spiro atoms. The summed E-state index contributed by atoms with van der Waals surface area (Å²) in [6, 6.07) is 5.76. The second-order valence-electron chi connectivity index (χ2n) is 4.33. The summed E-state index contributed by atoms with van der Waals surface area (Å²) >= 11 is 0. The van der Waals surface area contributed by atoms with Crippen LogP contribution in [0.15, 0.2) is 24.3 Å². The van der Waals surface area contributed by atoms with Gasteiger partial charge in [0.15, 0.2) is 0 Å². The predicted octanol–water partition coefficient (Wildman–Crippen LogP) is 2.08. The number of hydrogen-bond donors (Lipinski definition) is 0. The molecule has 0 aliphatic carbocycles. The molecule has 1 saturated heterocycles. The van der Waals surface area contributed by atoms with Gasteiger partial charge in [-0.3, -0.25) is 4.79 Å². The predicted molar refractivity (Wildman–Crippen MR) is 62.3 cm³/mol. The molecule has 0 radical (unpaired) electrons. The van der Waals surface area contributed by atoms with Gasteiger partial charge in [-0.1, -0.05) is 6.07 Å². The Balaban J connectivity index is 1.98. The van der Waals surface area contributed by atoms with E-state index >= 15 is 0 Å². The average molecular weight is 237 g/mol. The van der Waals surface area contributed by atoms with Crippen LogP contribution < -0.4 is 0 Å². The number of likely N-dealkylation sites (N-methyl/N-ethyl adjacent to an activating group) is 1. The highest BCUT2D eigenvalue weighted by Gasteiger charge is 2.20. The van der Waals surface area contributed by atoms with Gasteiger partial charge in [-0.2, -0.15) is 0 Å². The van der Waals surface area contributed by atoms with E-state index in [9.17, 15) is 9.18 Å². The summed E-state index contributed by atoms with van der Waals surface area (Å²) < 4.78 is 18.5. The Morgan fingerprint density at radius 1 is 1.59 bits per heavy atom. The Kier molecular flexibility index (Phi) is 3.74. The van der Waals surface area contributed by atoms with Crippen LogP contribution in [0.4, 0.5) is 4.39 Å². The van der Waals surface area contributed by atoms with Crippen molar-refractivity contribution >= 4 is 5.91 Å². The van der Waals surface area contributed by atoms with Crippen LogP contribution >= 0.6 is 0 Å². The lowest BCUT2D eigenvalue weighted by Crippen LogP contribution is -2.34. The molecule has 1 atom stereocenters. The van der Waals surface area contributed by atoms with Gasteiger partial charge in [0.05, 0.1) is 6.10 Å². The number of carbonyl (C=O) groups excluding carboxylic acids is 1. The van der Waals surface area contributed by atoms with Gasteiger partial charge in [-0.25, -0.2) is 4.39 Å². The number of carbonyl (C=O) groups is 1. The molecule has 1 aromatic carbocycles. The van der Waals surface area contributed by atoms with Crippen molar-refractivity contribution < 1.29 is 13.9 Å². The fourth-order valence-electron chi connectivity index (χ4n) is 2.02. The third-order valence-electron chi connectivity index (χ3n) is 2.92. The Morgan fingerprint density at radius 2 is 2.41 bits per heavy atom. The van der Waals surface area contributed by atoms with Gasteiger partial charge in [-0.15, -0.1) is 0 Å². The average Bonchev–Trinajstić information content (AvgIpc) is 2.80. The van der Waals surface area contributed by atoms with Crippen molar-refractivity contribution in [3.8, 4) is 0 Å². The van der Waals surface area contributed by atoms with Crippen LogP contribution in [0.5, 0.6) is 0 Å². The second-order valence-corrected chi connectivity index (χ2v) is 4.33. The number of halogens is 1. The van der Waals surface area contributed by atoms with Gasteiger partial charge in [0, 0.05) is 25.8 Å². The minimum absolute atomic E-state index is 0.123. The standard InChI is InChI=1S/C13H16FNO2/c1-15(9-12-6-3-7-17-12)13(16)10-4-2-5-11(14)8-10/h2,4-5,8,12H,3,6-7,9H2,1H3. The van der Waals surface area contributed by atoms with E-state index in [0.29, 0.717) is 12.1 Å². The molecule has 1 heterocycles. The molecule has 0 saturated carbocycles. The maximum absolute atomic E-state index is 13.0. The highest BCUT2D eigenvalue weighted by atomic mass is 19.1. The number of ether oxygens (including phenoxy) is 1. The Bertz CT molecular complexity index is 402. The van der Waals surface area contributed by atoms with E-state index in [2.05, 4.69) is 0 Å². The topological polar surface area (TPSA) is 29.5 Å². The SMILES string of the molecule is CN(CC1CCCO1)C(=O)c1cccc(F)c1. The molecule has 1 fully saturated rings. The maximum Gasteiger partial charge on any atom is 0.253 e. The first kappa shape index (κ1) is 12.0. The lowest BCUT2D eigenvalue weighted by Gasteiger charge is -2.20. The molecule has 1 unspecified atom stereocenters. The first-order valence-corrected chi connectivity index (χ1v) is 5.79. The number of hydrogen-bond acceptors (Lipinski definition) is 2. The lowest BCUT2D eigenvalue weighted by atomic mass is 10.2. The molecule has 1 aliphatic rings. The Labute approximate surface area is 100 Å². The van der Waals surface area contributed by atoms with Crippen LogP contribution in [0, 0.1) is 5.82 Å². The first-order chi connectivity index (χ1) is 8.16. The van der Waals surface area contributed by atoms with Gasteiger partial charge in [0.1, 0.15) is 5.82 Å². The third kappa shape index (κ3) is 3.03. The molecule has 3 nitrogen and oxygen atoms in total. The van der Waals surface area contributed by atoms with E-state index in [0.717, 1.165) is 19.4 Å². The molecule has 17 heavy (non-hydrogen) atoms. The minimum Gasteiger partial charge on any atom is -0.376 e. The van der Waals surface area contributed by atoms with Gasteiger partial charge in [0.25, 0.3) is 5.91 Å². The van der Waals surface area contributed by atoms with Gasteiger partial charge in [-0.05, 0) is 31.0 Å². The number of benzene rings is 1. The zero-order valence-electron chi connectivity index (χ0n) is 9.86. The number of rotatable bonds is 3. The van der Waals surface area contributed by atoms with E-state index in [1.807, 2.05) is 0 Å². The fraction of sp³-hybridized carbons (Fsp3) is 0.462. The van der Waals surface area contributed by atoms with Crippen molar-refractivity contribution in [2.24, 2.45) is 0 Å². The van der Waals surface area contributed by atoms with Gasteiger partial charge < -0.3 is 9.64 Å². The third-order valence-corrected chi connectivity index (χ3v) is 2.92. The highest BCUT2D eigenvalue weighted by Crippen LogP contribution is 2.14. The molecular weight excluding hydrogens is 221 g/mol. The summed E-state index contributed by atoms with van der Waals surface area (Å²) in [7, 11) is 1.72. The van der Waals surface area contributed by atoms with Crippen molar-refractivity contribution in [1.29, 1.82) is 0 Å². The zero-order chi connectivity index (χ0) is 12.3. The van der Waals surface area contributed by atoms with E-state index in [1.54, 1.807) is 24.1 Å². The Morgan fingerprint density at radius 3 is 3.06 bits per heavy atom. The molecular formula is C13H16FNO2. The number of amides is 1. The molecule has 1 amide bonds. The smallest absolute Gasteiger partial charge is 0.253 e. The molecule has 2 rings (SSSR count). The van der Waals surface area contributed by atoms with Crippen LogP contribution in [0.1, 0.15) is 23.2 Å². The summed E-state index contributed by atoms with van der Waals surface area (Å²) in [6.07, 6.45) is 2.16. The monoisotopic (exact) mass is 237 g/mol. The van der Waals surface area contributed by atoms with E-state index in [4.69, 9.17) is 4.74 Å². The van der Waals surface area contributed by atoms with E-state index in [-0.39, 0.29) is 17.8 Å². The van der Waals surface area contributed by atoms with Crippen molar-refractivity contribution in [1.82, 2.24) is 4.90 Å². The van der Waals surface area contributed by atoms with Crippen LogP contribution in [-0.4, -0.2) is 37.1 Å². The minimum atomic E-state index is -0.388. The molecule has 92 valence electrons. The van der Waals surface area contributed by atoms with E-state index < -0.39 is 0 Å². The van der Waals surface area contributed by atoms with Gasteiger partial charge in [0.2, 0.25) is 0 Å². The number of nitrogens with zero attached hydrogens (tertiary/aromatic N) is 1.